The van der Waals surface area contributed by atoms with E-state index in [1.807, 2.05) is 0 Å². The number of aromatic nitrogens is 4. The number of hydrogen-bond donors (Lipinski definition) is 1. The van der Waals surface area contributed by atoms with Crippen LogP contribution in [0.1, 0.15) is 10.4 Å². The number of carbonyl (C=O) groups is 1. The summed E-state index contributed by atoms with van der Waals surface area (Å²) >= 11 is 0. The molecule has 0 aliphatic carbocycles. The zero-order valence-electron chi connectivity index (χ0n) is 11.1. The quantitative estimate of drug-likeness (QED) is 0.714. The topological polar surface area (TPSA) is 105 Å². The number of nitrogen functional groups attached to an aromatic ring is 1. The van der Waals surface area contributed by atoms with Gasteiger partial charge in [0.25, 0.3) is 0 Å². The molecule has 3 rings (SSSR count). The van der Waals surface area contributed by atoms with Crippen molar-refractivity contribution in [1.82, 2.24) is 19.6 Å². The van der Waals surface area contributed by atoms with Gasteiger partial charge < -0.3 is 15.2 Å². The number of nitrogens with zero attached hydrogens (tertiary/aromatic N) is 4. The molecule has 0 aliphatic heterocycles. The number of nitrogens with two attached hydrogens (primary N) is 1. The maximum atomic E-state index is 12.1. The van der Waals surface area contributed by atoms with Crippen molar-refractivity contribution in [1.29, 1.82) is 0 Å². The predicted molar refractivity (Wildman–Crippen MR) is 73.1 cm³/mol. The van der Waals surface area contributed by atoms with E-state index in [9.17, 15) is 4.79 Å². The first-order valence-corrected chi connectivity index (χ1v) is 6.00. The van der Waals surface area contributed by atoms with Gasteiger partial charge in [-0.25, -0.2) is 19.3 Å². The lowest BCUT2D eigenvalue weighted by Crippen LogP contribution is -2.12. The first kappa shape index (κ1) is 12.9. The maximum absolute atomic E-state index is 12.1. The molecule has 0 saturated carbocycles. The van der Waals surface area contributed by atoms with E-state index in [-0.39, 0.29) is 17.3 Å². The molecule has 0 aliphatic rings. The van der Waals surface area contributed by atoms with E-state index in [0.29, 0.717) is 11.5 Å². The Hall–Kier alpha value is -3.16. The van der Waals surface area contributed by atoms with Crippen molar-refractivity contribution in [3.63, 3.8) is 0 Å². The van der Waals surface area contributed by atoms with E-state index in [4.69, 9.17) is 15.2 Å². The minimum absolute atomic E-state index is 0.121. The second kappa shape index (κ2) is 5.08. The smallest absolute Gasteiger partial charge is 0.350 e. The third kappa shape index (κ3) is 2.46. The summed E-state index contributed by atoms with van der Waals surface area (Å²) in [7, 11) is 1.43. The number of anilines is 1. The summed E-state index contributed by atoms with van der Waals surface area (Å²) in [5.74, 6) is 0.0334. The van der Waals surface area contributed by atoms with Crippen molar-refractivity contribution in [3.05, 3.63) is 42.2 Å². The van der Waals surface area contributed by atoms with E-state index in [0.717, 1.165) is 0 Å². The molecular formula is C13H11N5O3. The van der Waals surface area contributed by atoms with E-state index < -0.39 is 5.97 Å². The lowest BCUT2D eigenvalue weighted by Gasteiger charge is -2.06. The van der Waals surface area contributed by atoms with Crippen molar-refractivity contribution in [2.75, 3.05) is 12.8 Å². The monoisotopic (exact) mass is 285 g/mol. The zero-order valence-corrected chi connectivity index (χ0v) is 11.1. The molecule has 0 amide bonds. The van der Waals surface area contributed by atoms with Gasteiger partial charge in [0.2, 0.25) is 11.8 Å². The van der Waals surface area contributed by atoms with Crippen LogP contribution in [0.3, 0.4) is 0 Å². The van der Waals surface area contributed by atoms with Gasteiger partial charge in [0, 0.05) is 12.3 Å². The van der Waals surface area contributed by atoms with Crippen LogP contribution < -0.4 is 15.2 Å². The van der Waals surface area contributed by atoms with Crippen LogP contribution in [0.25, 0.3) is 5.65 Å². The van der Waals surface area contributed by atoms with Crippen molar-refractivity contribution in [3.8, 4) is 11.8 Å². The fraction of sp³-hybridized carbons (Fsp3) is 0.0769. The molecular weight excluding hydrogens is 274 g/mol. The number of fused-ring (bicyclic) bond motifs is 1. The number of carbonyl (C=O) groups excluding carboxylic acids is 1. The molecule has 0 unspecified atom stereocenters. The second-order valence-electron chi connectivity index (χ2n) is 4.09. The standard InChI is InChI=1S/C13H11N5O3/c1-20-12-8(3-2-6-15-12)13(19)21-11-5-4-10-16-9(14)7-18(10)17-11/h2-7H,14H2,1H3. The number of imidazole rings is 1. The molecule has 0 spiro atoms. The van der Waals surface area contributed by atoms with Crippen LogP contribution in [-0.2, 0) is 0 Å². The third-order valence-electron chi connectivity index (χ3n) is 2.70. The fourth-order valence-electron chi connectivity index (χ4n) is 1.80. The van der Waals surface area contributed by atoms with Crippen molar-refractivity contribution in [2.45, 2.75) is 0 Å². The van der Waals surface area contributed by atoms with Crippen LogP contribution >= 0.6 is 0 Å². The minimum Gasteiger partial charge on any atom is -0.480 e. The Balaban J connectivity index is 1.88. The molecule has 0 radical (unpaired) electrons. The van der Waals surface area contributed by atoms with E-state index in [2.05, 4.69) is 15.1 Å². The molecule has 3 aromatic heterocycles. The number of esters is 1. The molecule has 0 fully saturated rings. The highest BCUT2D eigenvalue weighted by Crippen LogP contribution is 2.17. The van der Waals surface area contributed by atoms with Crippen LogP contribution in [0.4, 0.5) is 5.82 Å². The highest BCUT2D eigenvalue weighted by molar-refractivity contribution is 5.93. The van der Waals surface area contributed by atoms with Gasteiger partial charge in [-0.05, 0) is 18.2 Å². The number of pyridine rings is 1. The molecule has 0 saturated heterocycles. The third-order valence-corrected chi connectivity index (χ3v) is 2.70. The first-order valence-electron chi connectivity index (χ1n) is 6.00. The highest BCUT2D eigenvalue weighted by atomic mass is 16.5. The van der Waals surface area contributed by atoms with E-state index in [1.165, 1.54) is 30.1 Å². The van der Waals surface area contributed by atoms with Crippen molar-refractivity contribution < 1.29 is 14.3 Å². The summed E-state index contributed by atoms with van der Waals surface area (Å²) in [4.78, 5) is 20.1. The van der Waals surface area contributed by atoms with Gasteiger partial charge >= 0.3 is 5.97 Å². The minimum atomic E-state index is -0.611. The second-order valence-corrected chi connectivity index (χ2v) is 4.09. The molecule has 3 aromatic rings. The Morgan fingerprint density at radius 1 is 1.33 bits per heavy atom. The molecule has 8 heteroatoms. The largest absolute Gasteiger partial charge is 0.480 e. The summed E-state index contributed by atoms with van der Waals surface area (Å²) in [5, 5.41) is 4.09. The van der Waals surface area contributed by atoms with Gasteiger partial charge in [-0.15, -0.1) is 5.10 Å². The Kier molecular flexibility index (Phi) is 3.11. The molecule has 0 bridgehead atoms. The average Bonchev–Trinajstić information content (AvgIpc) is 2.86. The van der Waals surface area contributed by atoms with Crippen molar-refractivity contribution in [2.24, 2.45) is 0 Å². The van der Waals surface area contributed by atoms with Gasteiger partial charge in [-0.3, -0.25) is 0 Å². The van der Waals surface area contributed by atoms with Crippen LogP contribution in [0.15, 0.2) is 36.7 Å². The Morgan fingerprint density at radius 3 is 3.00 bits per heavy atom. The summed E-state index contributed by atoms with van der Waals surface area (Å²) < 4.78 is 11.6. The van der Waals surface area contributed by atoms with Gasteiger partial charge in [-0.1, -0.05) is 0 Å². The fourth-order valence-corrected chi connectivity index (χ4v) is 1.80. The number of ether oxygens (including phenoxy) is 2. The van der Waals surface area contributed by atoms with Gasteiger partial charge in [0.1, 0.15) is 11.4 Å². The van der Waals surface area contributed by atoms with E-state index in [1.54, 1.807) is 18.2 Å². The summed E-state index contributed by atoms with van der Waals surface area (Å²) in [5.41, 5.74) is 6.34. The number of rotatable bonds is 3. The molecule has 0 aromatic carbocycles. The molecule has 2 N–H and O–H groups in total. The Morgan fingerprint density at radius 2 is 2.19 bits per heavy atom. The Bertz CT molecular complexity index is 814. The lowest BCUT2D eigenvalue weighted by atomic mass is 10.3. The van der Waals surface area contributed by atoms with Crippen LogP contribution in [0.2, 0.25) is 0 Å². The molecule has 21 heavy (non-hydrogen) atoms. The number of methoxy groups -OCH3 is 1. The van der Waals surface area contributed by atoms with Crippen LogP contribution in [0, 0.1) is 0 Å². The van der Waals surface area contributed by atoms with Gasteiger partial charge in [0.05, 0.1) is 13.3 Å². The SMILES string of the molecule is COc1ncccc1C(=O)Oc1ccc2nc(N)cn2n1. The van der Waals surface area contributed by atoms with Crippen LogP contribution in [-0.4, -0.2) is 32.7 Å². The average molecular weight is 285 g/mol. The predicted octanol–water partition coefficient (Wildman–Crippen LogP) is 0.934. The van der Waals surface area contributed by atoms with Crippen molar-refractivity contribution >= 4 is 17.4 Å². The molecule has 106 valence electrons. The highest BCUT2D eigenvalue weighted by Gasteiger charge is 2.16. The molecule has 8 nitrogen and oxygen atoms in total. The number of hydrogen-bond acceptors (Lipinski definition) is 7. The van der Waals surface area contributed by atoms with Gasteiger partial charge in [-0.2, -0.15) is 0 Å². The summed E-state index contributed by atoms with van der Waals surface area (Å²) in [6, 6.07) is 6.35. The van der Waals surface area contributed by atoms with Gasteiger partial charge in [0.15, 0.2) is 5.65 Å². The normalized spacial score (nSPS) is 10.5. The Labute approximate surface area is 119 Å². The van der Waals surface area contributed by atoms with Crippen LogP contribution in [0.5, 0.6) is 11.8 Å². The first-order chi connectivity index (χ1) is 10.2. The molecule has 3 heterocycles. The zero-order chi connectivity index (χ0) is 14.8. The summed E-state index contributed by atoms with van der Waals surface area (Å²) in [6.45, 7) is 0. The maximum Gasteiger partial charge on any atom is 0.350 e. The van der Waals surface area contributed by atoms with E-state index >= 15 is 0 Å². The summed E-state index contributed by atoms with van der Waals surface area (Å²) in [6.07, 6.45) is 3.05. The lowest BCUT2D eigenvalue weighted by molar-refractivity contribution is 0.0721. The molecule has 0 atom stereocenters.